The molecule has 2 aromatic rings. The van der Waals surface area contributed by atoms with Gasteiger partial charge in [0.2, 0.25) is 0 Å². The van der Waals surface area contributed by atoms with Crippen LogP contribution in [0.3, 0.4) is 0 Å². The van der Waals surface area contributed by atoms with Gasteiger partial charge in [0.25, 0.3) is 0 Å². The minimum absolute atomic E-state index is 0.497. The quantitative estimate of drug-likeness (QED) is 0.738. The Hall–Kier alpha value is -1.81. The molecule has 1 aromatic heterocycles. The zero-order valence-electron chi connectivity index (χ0n) is 11.7. The van der Waals surface area contributed by atoms with Crippen LogP contribution < -0.4 is 11.1 Å². The number of hydrogen-bond donors (Lipinski definition) is 3. The van der Waals surface area contributed by atoms with E-state index in [9.17, 15) is 5.11 Å². The summed E-state index contributed by atoms with van der Waals surface area (Å²) < 4.78 is 0. The first-order valence-corrected chi connectivity index (χ1v) is 6.54. The second-order valence-electron chi connectivity index (χ2n) is 5.29. The lowest BCUT2D eigenvalue weighted by atomic mass is 10.0. The van der Waals surface area contributed by atoms with E-state index in [1.54, 1.807) is 0 Å². The fraction of sp³-hybridized carbons (Fsp3) is 0.400. The maximum atomic E-state index is 10.1. The number of nitrogen functional groups attached to an aromatic ring is 1. The lowest BCUT2D eigenvalue weighted by molar-refractivity contribution is 0.0698. The molecule has 0 aliphatic rings. The number of hydrogen-bond acceptors (Lipinski definition) is 4. The first-order valence-electron chi connectivity index (χ1n) is 6.54. The highest BCUT2D eigenvalue weighted by Crippen LogP contribution is 2.26. The molecular formula is C15H21N3O. The summed E-state index contributed by atoms with van der Waals surface area (Å²) in [7, 11) is 0. The zero-order chi connectivity index (χ0) is 14.0. The summed E-state index contributed by atoms with van der Waals surface area (Å²) in [6, 6.07) is 7.65. The maximum Gasteiger partial charge on any atom is 0.0788 e. The van der Waals surface area contributed by atoms with Crippen molar-refractivity contribution in [2.24, 2.45) is 0 Å². The number of nitrogens with two attached hydrogens (primary N) is 1. The summed E-state index contributed by atoms with van der Waals surface area (Å²) in [5.74, 6) is 0. The fourth-order valence-corrected chi connectivity index (χ4v) is 1.93. The van der Waals surface area contributed by atoms with Gasteiger partial charge >= 0.3 is 0 Å². The van der Waals surface area contributed by atoms with Crippen LogP contribution in [0.5, 0.6) is 0 Å². The zero-order valence-corrected chi connectivity index (χ0v) is 11.7. The van der Waals surface area contributed by atoms with Crippen molar-refractivity contribution in [3.8, 4) is 0 Å². The highest BCUT2D eigenvalue weighted by atomic mass is 16.3. The van der Waals surface area contributed by atoms with Crippen molar-refractivity contribution < 1.29 is 5.11 Å². The number of aromatic nitrogens is 1. The molecule has 1 aromatic carbocycles. The molecule has 0 bridgehead atoms. The topological polar surface area (TPSA) is 71.2 Å². The van der Waals surface area contributed by atoms with Crippen LogP contribution in [-0.4, -0.2) is 22.2 Å². The summed E-state index contributed by atoms with van der Waals surface area (Å²) in [4.78, 5) is 4.48. The molecule has 0 aliphatic carbocycles. The molecule has 4 heteroatoms. The van der Waals surface area contributed by atoms with Crippen LogP contribution in [0.1, 0.15) is 26.0 Å². The van der Waals surface area contributed by atoms with Gasteiger partial charge in [-0.2, -0.15) is 0 Å². The van der Waals surface area contributed by atoms with Gasteiger partial charge < -0.3 is 16.2 Å². The number of aliphatic hydroxyl groups is 1. The number of benzene rings is 1. The molecule has 1 atom stereocenters. The Labute approximate surface area is 113 Å². The highest BCUT2D eigenvalue weighted by molar-refractivity contribution is 5.93. The molecular weight excluding hydrogens is 238 g/mol. The van der Waals surface area contributed by atoms with Crippen LogP contribution in [0.15, 0.2) is 24.3 Å². The van der Waals surface area contributed by atoms with Crippen molar-refractivity contribution in [2.75, 3.05) is 17.6 Å². The van der Waals surface area contributed by atoms with Crippen molar-refractivity contribution in [2.45, 2.75) is 32.8 Å². The van der Waals surface area contributed by atoms with E-state index in [4.69, 9.17) is 5.73 Å². The molecule has 0 saturated heterocycles. The molecule has 102 valence electrons. The van der Waals surface area contributed by atoms with Crippen molar-refractivity contribution >= 4 is 22.3 Å². The van der Waals surface area contributed by atoms with E-state index in [2.05, 4.69) is 10.3 Å². The maximum absolute atomic E-state index is 10.1. The lowest BCUT2D eigenvalue weighted by Crippen LogP contribution is -2.32. The van der Waals surface area contributed by atoms with Gasteiger partial charge in [0.05, 0.1) is 11.1 Å². The predicted molar refractivity (Wildman–Crippen MR) is 80.3 cm³/mol. The molecule has 2 rings (SSSR count). The van der Waals surface area contributed by atoms with Gasteiger partial charge in [0.1, 0.15) is 0 Å². The minimum atomic E-state index is -0.718. The van der Waals surface area contributed by atoms with E-state index >= 15 is 0 Å². The molecule has 4 N–H and O–H groups in total. The number of nitrogens with one attached hydrogen (secondary N) is 1. The summed E-state index contributed by atoms with van der Waals surface area (Å²) in [5, 5.41) is 14.4. The van der Waals surface area contributed by atoms with Crippen LogP contribution in [-0.2, 0) is 0 Å². The molecule has 0 spiro atoms. The molecule has 0 saturated carbocycles. The second kappa shape index (κ2) is 5.05. The highest BCUT2D eigenvalue weighted by Gasteiger charge is 2.17. The standard InChI is InChI=1S/C15H21N3O/c1-4-15(3,19)9-17-14-7-10(2)18-13-6-5-11(16)8-12(13)14/h5-8,19H,4,9,16H2,1-3H3,(H,17,18). The lowest BCUT2D eigenvalue weighted by Gasteiger charge is -2.23. The summed E-state index contributed by atoms with van der Waals surface area (Å²) in [5.41, 5.74) is 8.64. The molecule has 0 aliphatic heterocycles. The Morgan fingerprint density at radius 3 is 2.79 bits per heavy atom. The van der Waals surface area contributed by atoms with Crippen molar-refractivity contribution in [1.82, 2.24) is 4.98 Å². The molecule has 0 fully saturated rings. The number of aryl methyl sites for hydroxylation is 1. The van der Waals surface area contributed by atoms with Gasteiger partial charge in [-0.15, -0.1) is 0 Å². The van der Waals surface area contributed by atoms with Gasteiger partial charge in [0.15, 0.2) is 0 Å². The Morgan fingerprint density at radius 1 is 1.37 bits per heavy atom. The first kappa shape index (κ1) is 13.6. The smallest absolute Gasteiger partial charge is 0.0788 e. The van der Waals surface area contributed by atoms with Gasteiger partial charge in [-0.1, -0.05) is 6.92 Å². The molecule has 1 unspecified atom stereocenters. The fourth-order valence-electron chi connectivity index (χ4n) is 1.93. The average molecular weight is 259 g/mol. The Kier molecular flexibility index (Phi) is 3.62. The number of pyridine rings is 1. The largest absolute Gasteiger partial charge is 0.399 e. The van der Waals surface area contributed by atoms with Crippen LogP contribution in [0.25, 0.3) is 10.9 Å². The molecule has 0 radical (unpaired) electrons. The normalized spacial score (nSPS) is 14.3. The predicted octanol–water partition coefficient (Wildman–Crippen LogP) is 2.70. The minimum Gasteiger partial charge on any atom is -0.399 e. The number of anilines is 2. The third-order valence-electron chi connectivity index (χ3n) is 3.38. The van der Waals surface area contributed by atoms with Crippen LogP contribution in [0.2, 0.25) is 0 Å². The monoisotopic (exact) mass is 259 g/mol. The van der Waals surface area contributed by atoms with Crippen LogP contribution >= 0.6 is 0 Å². The third kappa shape index (κ3) is 3.15. The van der Waals surface area contributed by atoms with Crippen molar-refractivity contribution in [3.05, 3.63) is 30.0 Å². The van der Waals surface area contributed by atoms with Crippen LogP contribution in [0, 0.1) is 6.92 Å². The summed E-state index contributed by atoms with van der Waals surface area (Å²) in [6.45, 7) is 6.25. The third-order valence-corrected chi connectivity index (χ3v) is 3.38. The number of fused-ring (bicyclic) bond motifs is 1. The average Bonchev–Trinajstić information content (AvgIpc) is 2.36. The van der Waals surface area contributed by atoms with Crippen molar-refractivity contribution in [1.29, 1.82) is 0 Å². The van der Waals surface area contributed by atoms with E-state index in [-0.39, 0.29) is 0 Å². The van der Waals surface area contributed by atoms with E-state index in [1.807, 2.05) is 45.0 Å². The van der Waals surface area contributed by atoms with Gasteiger partial charge in [-0.25, -0.2) is 0 Å². The summed E-state index contributed by atoms with van der Waals surface area (Å²) in [6.07, 6.45) is 0.699. The van der Waals surface area contributed by atoms with E-state index in [0.29, 0.717) is 18.7 Å². The second-order valence-corrected chi connectivity index (χ2v) is 5.29. The molecule has 4 nitrogen and oxygen atoms in total. The Morgan fingerprint density at radius 2 is 2.11 bits per heavy atom. The number of rotatable bonds is 4. The molecule has 19 heavy (non-hydrogen) atoms. The summed E-state index contributed by atoms with van der Waals surface area (Å²) >= 11 is 0. The van der Waals surface area contributed by atoms with Gasteiger partial charge in [-0.05, 0) is 44.5 Å². The van der Waals surface area contributed by atoms with E-state index < -0.39 is 5.60 Å². The number of nitrogens with zero attached hydrogens (tertiary/aromatic N) is 1. The van der Waals surface area contributed by atoms with Crippen molar-refractivity contribution in [3.63, 3.8) is 0 Å². The van der Waals surface area contributed by atoms with E-state index in [0.717, 1.165) is 22.3 Å². The SMILES string of the molecule is CCC(C)(O)CNc1cc(C)nc2ccc(N)cc12. The van der Waals surface area contributed by atoms with Gasteiger partial charge in [-0.3, -0.25) is 4.98 Å². The van der Waals surface area contributed by atoms with Gasteiger partial charge in [0, 0.05) is 29.0 Å². The van der Waals surface area contributed by atoms with Crippen LogP contribution in [0.4, 0.5) is 11.4 Å². The first-order chi connectivity index (χ1) is 8.91. The van der Waals surface area contributed by atoms with E-state index in [1.165, 1.54) is 0 Å². The molecule has 0 amide bonds. The Bertz CT molecular complexity index is 593. The Balaban J connectivity index is 2.38. The molecule has 1 heterocycles.